The smallest absolute Gasteiger partial charge is 0.165 e. The van der Waals surface area contributed by atoms with Crippen molar-refractivity contribution in [3.8, 4) is 79.5 Å². The molecule has 0 aliphatic heterocycles. The molecule has 0 radical (unpaired) electrons. The SMILES string of the molecule is c1ccc(-c2cc(-c3ccccc3)nc(-c3cc4c5ccc6c7ccccc7oc6c5n5c6nc7ccccc7nc6c(c3)c45)n2)cc1.c1ccc(-c2nc(-c3ccccc3)nc(-c3ccc4c(c3)oc3c4ccc4c5cccc6c7nc8ccccc8nc7n(c56)c43)n2)cc1.c1ccc2nc(-c3ccc4c(c3)oc3c4ccc4c5cccc6c7nc8ccccc8nc7n(c56)c43)ncc2c1. The highest BCUT2D eigenvalue weighted by Crippen LogP contribution is 2.50. The Kier molecular flexibility index (Phi) is 15.3. The summed E-state index contributed by atoms with van der Waals surface area (Å²) in [5, 5.41) is 17.3. The Morgan fingerprint density at radius 3 is 0.993 bits per heavy atom. The molecule has 0 aliphatic carbocycles. The second-order valence-electron chi connectivity index (χ2n) is 34.7. The van der Waals surface area contributed by atoms with Gasteiger partial charge in [-0.2, -0.15) is 0 Å². The van der Waals surface area contributed by atoms with Crippen LogP contribution in [-0.2, 0) is 0 Å². The lowest BCUT2D eigenvalue weighted by molar-refractivity contribution is 0.671. The van der Waals surface area contributed by atoms with Gasteiger partial charge in [-0.15, -0.1) is 0 Å². The van der Waals surface area contributed by atoms with Gasteiger partial charge in [-0.05, 0) is 109 Å². The Morgan fingerprint density at radius 1 is 0.176 bits per heavy atom. The molecule has 136 heavy (non-hydrogen) atoms. The van der Waals surface area contributed by atoms with Gasteiger partial charge in [0.1, 0.15) is 33.3 Å². The summed E-state index contributed by atoms with van der Waals surface area (Å²) in [5.41, 5.74) is 30.8. The molecule has 15 heterocycles. The average molecular weight is 1740 g/mol. The molecular formula is C117H62N16O3. The van der Waals surface area contributed by atoms with Crippen LogP contribution in [0.15, 0.2) is 389 Å². The standard InChI is InChI=1S/C42H23N5O.C41H22N6O.C34H17N5O/c1-3-11-24(12-4-1)34-23-35(25-13-5-2-6-14-25)45-41(44-34)26-21-30-28-19-20-29-27-15-7-10-18-36(27)48-40(29)39(28)47-38(30)31(22-26)37-42(47)46-33-17-9-8-16-32(33)43-37;1-3-10-23(11-4-1)38-44-39(24-12-5-2-6-13-24)46-40(45-38)25-18-19-26-29-21-20-28-27-14-9-15-30-34-41(43-32-17-8-7-16-31(32)42-34)47(35(27)30)36(28)37(29)48-33(26)22-25;1-2-9-25-19(6-1)17-35-33(37-25)18-12-13-20-23-15-14-22-21-7-5-8-24-29-34(38-27-11-4-3-10-26(27)36-29)39(30(21)24)31(22)32(23)40-28(20)16-18/h1-23H;1-22H;1-17H. The maximum atomic E-state index is 6.82. The highest BCUT2D eigenvalue weighted by Gasteiger charge is 2.30. The van der Waals surface area contributed by atoms with Crippen molar-refractivity contribution in [3.63, 3.8) is 0 Å². The second kappa shape index (κ2) is 28.3. The van der Waals surface area contributed by atoms with Crippen LogP contribution in [-0.4, -0.2) is 78.0 Å². The van der Waals surface area contributed by atoms with Gasteiger partial charge in [0.15, 0.2) is 62.8 Å². The monoisotopic (exact) mass is 1740 g/mol. The van der Waals surface area contributed by atoms with E-state index >= 15 is 0 Å². The Balaban J connectivity index is 0.0000000973. The zero-order valence-corrected chi connectivity index (χ0v) is 71.7. The van der Waals surface area contributed by atoms with Crippen molar-refractivity contribution in [3.05, 3.63) is 376 Å². The third-order valence-electron chi connectivity index (χ3n) is 27.0. The summed E-state index contributed by atoms with van der Waals surface area (Å²) in [5.74, 6) is 3.16. The number of furan rings is 3. The molecule has 0 bridgehead atoms. The predicted octanol–water partition coefficient (Wildman–Crippen LogP) is 28.6. The number of benzene rings is 17. The van der Waals surface area contributed by atoms with E-state index in [0.717, 1.165) is 270 Å². The van der Waals surface area contributed by atoms with Crippen LogP contribution in [0.4, 0.5) is 0 Å². The number of hydrogen-bond donors (Lipinski definition) is 0. The van der Waals surface area contributed by atoms with Crippen LogP contribution >= 0.6 is 0 Å². The molecule has 32 rings (SSSR count). The summed E-state index contributed by atoms with van der Waals surface area (Å²) in [6, 6.07) is 126. The van der Waals surface area contributed by atoms with E-state index in [4.69, 9.17) is 73.1 Å². The quantitative estimate of drug-likeness (QED) is 0.145. The minimum absolute atomic E-state index is 0.586. The van der Waals surface area contributed by atoms with E-state index in [-0.39, 0.29) is 0 Å². The molecular weight excluding hydrogens is 1680 g/mol. The van der Waals surface area contributed by atoms with Gasteiger partial charge in [0, 0.05) is 131 Å². The topological polar surface area (TPSA) is 220 Å². The van der Waals surface area contributed by atoms with Gasteiger partial charge in [-0.25, -0.2) is 64.8 Å². The predicted molar refractivity (Wildman–Crippen MR) is 545 cm³/mol. The third-order valence-corrected chi connectivity index (χ3v) is 27.0. The van der Waals surface area contributed by atoms with E-state index in [9.17, 15) is 0 Å². The van der Waals surface area contributed by atoms with Crippen LogP contribution in [0.3, 0.4) is 0 Å². The van der Waals surface area contributed by atoms with E-state index in [2.05, 4.69) is 170 Å². The molecule has 0 fully saturated rings. The number of hydrogen-bond acceptors (Lipinski definition) is 16. The van der Waals surface area contributed by atoms with Crippen molar-refractivity contribution >= 4 is 225 Å². The Bertz CT molecular complexity index is 10600. The van der Waals surface area contributed by atoms with Crippen molar-refractivity contribution < 1.29 is 13.3 Å². The summed E-state index contributed by atoms with van der Waals surface area (Å²) in [6.45, 7) is 0. The molecule has 0 N–H and O–H groups in total. The van der Waals surface area contributed by atoms with E-state index < -0.39 is 0 Å². The minimum Gasteiger partial charge on any atom is -0.454 e. The number of para-hydroxylation sites is 10. The van der Waals surface area contributed by atoms with Gasteiger partial charge in [-0.3, -0.25) is 13.2 Å². The molecule has 628 valence electrons. The van der Waals surface area contributed by atoms with Crippen LogP contribution in [0.25, 0.3) is 304 Å². The number of fused-ring (bicyclic) bond motifs is 34. The molecule has 0 amide bonds. The van der Waals surface area contributed by atoms with Crippen LogP contribution in [0.2, 0.25) is 0 Å². The van der Waals surface area contributed by atoms with Gasteiger partial charge in [0.05, 0.1) is 83.1 Å². The van der Waals surface area contributed by atoms with Gasteiger partial charge >= 0.3 is 0 Å². The van der Waals surface area contributed by atoms with E-state index in [1.54, 1.807) is 0 Å². The average Bonchev–Trinajstić information content (AvgIpc) is 1.53. The first-order valence-electron chi connectivity index (χ1n) is 45.1. The van der Waals surface area contributed by atoms with Gasteiger partial charge in [0.25, 0.3) is 0 Å². The first-order valence-corrected chi connectivity index (χ1v) is 45.1. The molecule has 17 aromatic carbocycles. The van der Waals surface area contributed by atoms with Gasteiger partial charge < -0.3 is 13.3 Å². The van der Waals surface area contributed by atoms with Gasteiger partial charge in [-0.1, -0.05) is 261 Å². The summed E-state index contributed by atoms with van der Waals surface area (Å²) < 4.78 is 26.9. The molecule has 0 aliphatic rings. The van der Waals surface area contributed by atoms with Crippen molar-refractivity contribution in [2.75, 3.05) is 0 Å². The number of rotatable bonds is 7. The molecule has 0 unspecified atom stereocenters. The maximum absolute atomic E-state index is 6.82. The summed E-state index contributed by atoms with van der Waals surface area (Å²) in [4.78, 5) is 65.3. The number of nitrogens with zero attached hydrogens (tertiary/aromatic N) is 16. The molecule has 15 aromatic heterocycles. The van der Waals surface area contributed by atoms with Crippen LogP contribution in [0.1, 0.15) is 0 Å². The van der Waals surface area contributed by atoms with Gasteiger partial charge in [0.2, 0.25) is 0 Å². The van der Waals surface area contributed by atoms with Crippen molar-refractivity contribution in [2.45, 2.75) is 0 Å². The van der Waals surface area contributed by atoms with Crippen molar-refractivity contribution in [1.29, 1.82) is 0 Å². The minimum atomic E-state index is 0.586. The molecule has 0 atom stereocenters. The number of aromatic nitrogens is 16. The molecule has 0 saturated heterocycles. The highest BCUT2D eigenvalue weighted by molar-refractivity contribution is 6.32. The fraction of sp³-hybridized carbons (Fsp3) is 0. The van der Waals surface area contributed by atoms with Crippen molar-refractivity contribution in [2.24, 2.45) is 0 Å². The Hall–Kier alpha value is -19.0. The molecule has 0 spiro atoms. The summed E-state index contributed by atoms with van der Waals surface area (Å²) >= 11 is 0. The van der Waals surface area contributed by atoms with E-state index in [1.807, 2.05) is 225 Å². The first kappa shape index (κ1) is 73.8. The van der Waals surface area contributed by atoms with E-state index in [1.165, 1.54) is 5.39 Å². The fourth-order valence-electron chi connectivity index (χ4n) is 20.9. The fourth-order valence-corrected chi connectivity index (χ4v) is 20.9. The highest BCUT2D eigenvalue weighted by atomic mass is 16.3. The normalized spacial score (nSPS) is 12.3. The third kappa shape index (κ3) is 10.9. The Labute approximate surface area is 766 Å². The van der Waals surface area contributed by atoms with Crippen LogP contribution in [0, 0.1) is 0 Å². The molecule has 32 aromatic rings. The lowest BCUT2D eigenvalue weighted by Crippen LogP contribution is -2.00. The Morgan fingerprint density at radius 2 is 0.507 bits per heavy atom. The maximum Gasteiger partial charge on any atom is 0.165 e. The van der Waals surface area contributed by atoms with E-state index in [0.29, 0.717) is 29.1 Å². The van der Waals surface area contributed by atoms with Crippen LogP contribution < -0.4 is 0 Å². The van der Waals surface area contributed by atoms with Crippen LogP contribution in [0.5, 0.6) is 0 Å². The molecule has 19 heteroatoms. The lowest BCUT2D eigenvalue weighted by Gasteiger charge is -2.10. The van der Waals surface area contributed by atoms with Crippen molar-refractivity contribution in [1.82, 2.24) is 78.0 Å². The lowest BCUT2D eigenvalue weighted by atomic mass is 10.0. The largest absolute Gasteiger partial charge is 0.454 e. The summed E-state index contributed by atoms with van der Waals surface area (Å²) in [6.07, 6.45) is 1.87. The first-order chi connectivity index (χ1) is 67.4. The second-order valence-corrected chi connectivity index (χ2v) is 34.7. The zero-order chi connectivity index (χ0) is 88.6. The molecule has 19 nitrogen and oxygen atoms in total. The summed E-state index contributed by atoms with van der Waals surface area (Å²) in [7, 11) is 0. The zero-order valence-electron chi connectivity index (χ0n) is 71.7. The molecule has 0 saturated carbocycles.